The van der Waals surface area contributed by atoms with Crippen LogP contribution in [0.2, 0.25) is 0 Å². The average Bonchev–Trinajstić information content (AvgIpc) is 2.54. The third-order valence-corrected chi connectivity index (χ3v) is 4.43. The van der Waals surface area contributed by atoms with Gasteiger partial charge in [0.05, 0.1) is 17.4 Å². The molecule has 0 saturated carbocycles. The number of hydrogen-bond donors (Lipinski definition) is 2. The lowest BCUT2D eigenvalue weighted by Gasteiger charge is -2.12. The molecule has 1 fully saturated rings. The third-order valence-electron chi connectivity index (χ3n) is 2.67. The van der Waals surface area contributed by atoms with Gasteiger partial charge in [-0.05, 0) is 12.8 Å². The van der Waals surface area contributed by atoms with E-state index in [2.05, 4.69) is 5.32 Å². The molecule has 1 rings (SSSR count). The van der Waals surface area contributed by atoms with Crippen molar-refractivity contribution in [2.24, 2.45) is 11.7 Å². The smallest absolute Gasteiger partial charge is 0.224 e. The number of amides is 1. The summed E-state index contributed by atoms with van der Waals surface area (Å²) in [4.78, 5) is 11.5. The van der Waals surface area contributed by atoms with E-state index in [1.807, 2.05) is 6.92 Å². The van der Waals surface area contributed by atoms with E-state index in [0.29, 0.717) is 13.0 Å². The van der Waals surface area contributed by atoms with Crippen LogP contribution in [0.4, 0.5) is 0 Å². The van der Waals surface area contributed by atoms with Gasteiger partial charge in [-0.15, -0.1) is 0 Å². The summed E-state index contributed by atoms with van der Waals surface area (Å²) in [7, 11) is -2.98. The number of carbonyl (C=O) groups excluding carboxylic acids is 1. The predicted molar refractivity (Wildman–Crippen MR) is 58.0 cm³/mol. The Kier molecular flexibility index (Phi) is 4.10. The molecule has 0 aromatic carbocycles. The Bertz CT molecular complexity index is 326. The molecule has 0 aliphatic carbocycles. The van der Waals surface area contributed by atoms with Crippen molar-refractivity contribution in [1.29, 1.82) is 0 Å². The minimum Gasteiger partial charge on any atom is -0.354 e. The highest BCUT2D eigenvalue weighted by molar-refractivity contribution is 7.91. The van der Waals surface area contributed by atoms with Crippen LogP contribution in [-0.4, -0.2) is 38.4 Å². The third kappa shape index (κ3) is 3.79. The molecular weight excluding hydrogens is 216 g/mol. The van der Waals surface area contributed by atoms with Gasteiger partial charge in [0, 0.05) is 12.6 Å². The van der Waals surface area contributed by atoms with Crippen LogP contribution in [0.1, 0.15) is 19.8 Å². The molecule has 1 saturated heterocycles. The van der Waals surface area contributed by atoms with Crippen molar-refractivity contribution in [3.05, 3.63) is 0 Å². The zero-order valence-electron chi connectivity index (χ0n) is 8.90. The van der Waals surface area contributed by atoms with Crippen molar-refractivity contribution in [3.8, 4) is 0 Å². The molecule has 88 valence electrons. The molecule has 15 heavy (non-hydrogen) atoms. The summed E-state index contributed by atoms with van der Waals surface area (Å²) < 4.78 is 22.3. The van der Waals surface area contributed by atoms with Crippen LogP contribution < -0.4 is 11.1 Å². The molecule has 1 amide bonds. The van der Waals surface area contributed by atoms with E-state index in [9.17, 15) is 13.2 Å². The molecule has 0 spiro atoms. The highest BCUT2D eigenvalue weighted by atomic mass is 32.2. The quantitative estimate of drug-likeness (QED) is 0.671. The first-order valence-electron chi connectivity index (χ1n) is 5.18. The first kappa shape index (κ1) is 12.4. The van der Waals surface area contributed by atoms with E-state index in [1.54, 1.807) is 0 Å². The second-order valence-electron chi connectivity index (χ2n) is 4.01. The lowest BCUT2D eigenvalue weighted by Crippen LogP contribution is -2.40. The molecule has 3 N–H and O–H groups in total. The molecule has 0 aromatic rings. The topological polar surface area (TPSA) is 89.3 Å². The highest BCUT2D eigenvalue weighted by Gasteiger charge is 2.32. The Balaban J connectivity index is 2.36. The van der Waals surface area contributed by atoms with Gasteiger partial charge in [-0.1, -0.05) is 6.92 Å². The largest absolute Gasteiger partial charge is 0.354 e. The molecule has 1 heterocycles. The van der Waals surface area contributed by atoms with E-state index in [0.717, 1.165) is 6.42 Å². The second-order valence-corrected chi connectivity index (χ2v) is 6.24. The molecule has 1 aliphatic heterocycles. The summed E-state index contributed by atoms with van der Waals surface area (Å²) in [6.07, 6.45) is 1.23. The van der Waals surface area contributed by atoms with Gasteiger partial charge in [-0.25, -0.2) is 8.42 Å². The number of nitrogens with one attached hydrogen (secondary N) is 1. The summed E-state index contributed by atoms with van der Waals surface area (Å²) >= 11 is 0. The van der Waals surface area contributed by atoms with Gasteiger partial charge in [0.15, 0.2) is 9.84 Å². The van der Waals surface area contributed by atoms with E-state index in [-0.39, 0.29) is 29.4 Å². The number of sulfone groups is 1. The maximum atomic E-state index is 11.5. The molecule has 0 aromatic heterocycles. The number of nitrogens with two attached hydrogens (primary N) is 1. The maximum Gasteiger partial charge on any atom is 0.224 e. The number of carbonyl (C=O) groups is 1. The monoisotopic (exact) mass is 234 g/mol. The summed E-state index contributed by atoms with van der Waals surface area (Å²) in [6, 6.07) is -0.0491. The van der Waals surface area contributed by atoms with Crippen molar-refractivity contribution >= 4 is 15.7 Å². The summed E-state index contributed by atoms with van der Waals surface area (Å²) in [5.74, 6) is -0.440. The molecule has 1 aliphatic rings. The number of hydrogen-bond acceptors (Lipinski definition) is 4. The fraction of sp³-hybridized carbons (Fsp3) is 0.889. The van der Waals surface area contributed by atoms with E-state index < -0.39 is 9.84 Å². The van der Waals surface area contributed by atoms with Crippen LogP contribution in [0, 0.1) is 5.92 Å². The Morgan fingerprint density at radius 1 is 1.60 bits per heavy atom. The van der Waals surface area contributed by atoms with E-state index in [1.165, 1.54) is 0 Å². The standard InChI is InChI=1S/C9H18N2O3S/c1-2-8(10)5-11-9(12)7-3-4-15(13,14)6-7/h7-8H,2-6,10H2,1H3,(H,11,12). The lowest BCUT2D eigenvalue weighted by atomic mass is 10.1. The fourth-order valence-corrected chi connectivity index (χ4v) is 3.26. The first-order valence-corrected chi connectivity index (χ1v) is 7.00. The summed E-state index contributed by atoms with van der Waals surface area (Å²) in [5.41, 5.74) is 5.64. The van der Waals surface area contributed by atoms with Gasteiger partial charge < -0.3 is 11.1 Å². The van der Waals surface area contributed by atoms with Crippen molar-refractivity contribution in [2.75, 3.05) is 18.1 Å². The Morgan fingerprint density at radius 2 is 2.27 bits per heavy atom. The molecular formula is C9H18N2O3S. The zero-order valence-corrected chi connectivity index (χ0v) is 9.72. The molecule has 6 heteroatoms. The first-order chi connectivity index (χ1) is 6.94. The molecule has 2 atom stereocenters. The maximum absolute atomic E-state index is 11.5. The van der Waals surface area contributed by atoms with Crippen LogP contribution in [0.25, 0.3) is 0 Å². The zero-order chi connectivity index (χ0) is 11.5. The number of rotatable bonds is 4. The van der Waals surface area contributed by atoms with Crippen molar-refractivity contribution < 1.29 is 13.2 Å². The molecule has 0 bridgehead atoms. The predicted octanol–water partition coefficient (Wildman–Crippen LogP) is -0.725. The van der Waals surface area contributed by atoms with Gasteiger partial charge in [0.1, 0.15) is 0 Å². The van der Waals surface area contributed by atoms with Gasteiger partial charge >= 0.3 is 0 Å². The fourth-order valence-electron chi connectivity index (χ4n) is 1.52. The second kappa shape index (κ2) is 4.94. The molecule has 2 unspecified atom stereocenters. The Labute approximate surface area is 90.3 Å². The van der Waals surface area contributed by atoms with Crippen molar-refractivity contribution in [3.63, 3.8) is 0 Å². The Morgan fingerprint density at radius 3 is 2.73 bits per heavy atom. The van der Waals surface area contributed by atoms with Crippen LogP contribution in [0.3, 0.4) is 0 Å². The average molecular weight is 234 g/mol. The van der Waals surface area contributed by atoms with Crippen LogP contribution >= 0.6 is 0 Å². The van der Waals surface area contributed by atoms with Gasteiger partial charge in [0.25, 0.3) is 0 Å². The normalized spacial score (nSPS) is 26.1. The van der Waals surface area contributed by atoms with Crippen LogP contribution in [0.15, 0.2) is 0 Å². The van der Waals surface area contributed by atoms with Gasteiger partial charge in [0.2, 0.25) is 5.91 Å². The van der Waals surface area contributed by atoms with Crippen molar-refractivity contribution in [1.82, 2.24) is 5.32 Å². The van der Waals surface area contributed by atoms with Gasteiger partial charge in [-0.2, -0.15) is 0 Å². The molecule has 0 radical (unpaired) electrons. The lowest BCUT2D eigenvalue weighted by molar-refractivity contribution is -0.124. The minimum atomic E-state index is -2.98. The van der Waals surface area contributed by atoms with E-state index in [4.69, 9.17) is 5.73 Å². The SMILES string of the molecule is CCC(N)CNC(=O)C1CCS(=O)(=O)C1. The Hall–Kier alpha value is -0.620. The molecule has 5 nitrogen and oxygen atoms in total. The van der Waals surface area contributed by atoms with Crippen molar-refractivity contribution in [2.45, 2.75) is 25.8 Å². The summed E-state index contributed by atoms with van der Waals surface area (Å²) in [5, 5.41) is 2.68. The summed E-state index contributed by atoms with van der Waals surface area (Å²) in [6.45, 7) is 2.36. The highest BCUT2D eigenvalue weighted by Crippen LogP contribution is 2.18. The van der Waals surface area contributed by atoms with Gasteiger partial charge in [-0.3, -0.25) is 4.79 Å². The minimum absolute atomic E-state index is 0.0137. The van der Waals surface area contributed by atoms with E-state index >= 15 is 0 Å². The van der Waals surface area contributed by atoms with Crippen LogP contribution in [-0.2, 0) is 14.6 Å². The van der Waals surface area contributed by atoms with Crippen LogP contribution in [0.5, 0.6) is 0 Å².